The van der Waals surface area contributed by atoms with E-state index >= 15 is 0 Å². The first-order valence-electron chi connectivity index (χ1n) is 8.39. The van der Waals surface area contributed by atoms with Gasteiger partial charge in [0.25, 0.3) is 5.56 Å². The van der Waals surface area contributed by atoms with Crippen molar-refractivity contribution in [2.75, 3.05) is 11.4 Å². The second-order valence-electron chi connectivity index (χ2n) is 5.97. The first-order valence-corrected chi connectivity index (χ1v) is 9.20. The van der Waals surface area contributed by atoms with Gasteiger partial charge in [-0.2, -0.15) is 0 Å². The van der Waals surface area contributed by atoms with E-state index in [1.807, 2.05) is 18.7 Å². The molecule has 0 spiro atoms. The number of thiazole rings is 1. The maximum atomic E-state index is 13.2. The van der Waals surface area contributed by atoms with Gasteiger partial charge in [-0.1, -0.05) is 0 Å². The number of nitrogens with zero attached hydrogens (tertiary/aromatic N) is 3. The molecule has 3 aromatic rings. The summed E-state index contributed by atoms with van der Waals surface area (Å²) in [6.45, 7) is 4.95. The maximum absolute atomic E-state index is 13.2. The third-order valence-corrected chi connectivity index (χ3v) is 5.09. The smallest absolute Gasteiger partial charge is 0.259 e. The lowest BCUT2D eigenvalue weighted by Crippen LogP contribution is -2.25. The summed E-state index contributed by atoms with van der Waals surface area (Å²) in [6.07, 6.45) is 2.75. The highest BCUT2D eigenvalue weighted by Crippen LogP contribution is 2.22. The summed E-state index contributed by atoms with van der Waals surface area (Å²) in [5.41, 5.74) is 7.00. The molecule has 140 valence electrons. The number of benzene rings is 1. The number of carbonyl (C=O) groups is 1. The van der Waals surface area contributed by atoms with Gasteiger partial charge >= 0.3 is 0 Å². The molecule has 27 heavy (non-hydrogen) atoms. The molecule has 0 fully saturated rings. The quantitative estimate of drug-likeness (QED) is 0.661. The Morgan fingerprint density at radius 2 is 2.07 bits per heavy atom. The van der Waals surface area contributed by atoms with E-state index in [4.69, 9.17) is 5.73 Å². The molecule has 1 aromatic carbocycles. The summed E-state index contributed by atoms with van der Waals surface area (Å²) in [5.74, 6) is -0.873. The molecule has 0 saturated carbocycles. The molecular weight excluding hydrogens is 367 g/mol. The van der Waals surface area contributed by atoms with Crippen molar-refractivity contribution in [2.45, 2.75) is 20.4 Å². The zero-order valence-corrected chi connectivity index (χ0v) is 15.8. The number of hydrogen-bond acceptors (Lipinski definition) is 5. The Morgan fingerprint density at radius 1 is 1.37 bits per heavy atom. The zero-order chi connectivity index (χ0) is 19.6. The number of rotatable bonds is 6. The molecule has 0 radical (unpaired) electrons. The topological polar surface area (TPSA) is 80.7 Å². The van der Waals surface area contributed by atoms with Gasteiger partial charge in [0.1, 0.15) is 5.82 Å². The van der Waals surface area contributed by atoms with Crippen LogP contribution in [0.3, 0.4) is 0 Å². The van der Waals surface area contributed by atoms with Crippen LogP contribution in [0.5, 0.6) is 0 Å². The molecule has 2 heterocycles. The van der Waals surface area contributed by atoms with Gasteiger partial charge < -0.3 is 10.6 Å². The predicted octanol–water partition coefficient (Wildman–Crippen LogP) is 2.73. The van der Waals surface area contributed by atoms with Crippen LogP contribution in [0.2, 0.25) is 0 Å². The third kappa shape index (κ3) is 4.06. The second-order valence-corrected chi connectivity index (χ2v) is 7.16. The van der Waals surface area contributed by atoms with E-state index in [1.54, 1.807) is 12.1 Å². The van der Waals surface area contributed by atoms with Crippen LogP contribution in [-0.4, -0.2) is 21.8 Å². The number of aryl methyl sites for hydroxylation is 1. The summed E-state index contributed by atoms with van der Waals surface area (Å²) in [7, 11) is 0. The number of primary amides is 1. The first kappa shape index (κ1) is 18.8. The van der Waals surface area contributed by atoms with Gasteiger partial charge in [-0.25, -0.2) is 9.37 Å². The van der Waals surface area contributed by atoms with E-state index in [2.05, 4.69) is 4.98 Å². The molecular formula is C19H19FN4O2S. The molecule has 3 rings (SSSR count). The van der Waals surface area contributed by atoms with Crippen LogP contribution < -0.4 is 16.2 Å². The Morgan fingerprint density at radius 3 is 2.70 bits per heavy atom. The van der Waals surface area contributed by atoms with Crippen molar-refractivity contribution in [2.24, 2.45) is 5.73 Å². The minimum absolute atomic E-state index is 0.223. The number of anilines is 1. The van der Waals surface area contributed by atoms with E-state index in [0.717, 1.165) is 10.6 Å². The summed E-state index contributed by atoms with van der Waals surface area (Å²) in [5, 5.41) is 0. The third-order valence-electron chi connectivity index (χ3n) is 4.12. The molecule has 0 aliphatic heterocycles. The van der Waals surface area contributed by atoms with Crippen molar-refractivity contribution in [3.05, 3.63) is 68.8 Å². The number of carbonyl (C=O) groups excluding carboxylic acids is 1. The van der Waals surface area contributed by atoms with Crippen LogP contribution in [-0.2, 0) is 11.3 Å². The lowest BCUT2D eigenvalue weighted by Gasteiger charge is -2.22. The average Bonchev–Trinajstić information content (AvgIpc) is 2.94. The first-order chi connectivity index (χ1) is 12.9. The van der Waals surface area contributed by atoms with Crippen molar-refractivity contribution in [3.8, 4) is 0 Å². The van der Waals surface area contributed by atoms with E-state index < -0.39 is 5.91 Å². The van der Waals surface area contributed by atoms with Crippen molar-refractivity contribution in [1.82, 2.24) is 9.38 Å². The largest absolute Gasteiger partial charge is 0.366 e. The van der Waals surface area contributed by atoms with Gasteiger partial charge in [0.2, 0.25) is 5.91 Å². The zero-order valence-electron chi connectivity index (χ0n) is 15.0. The number of halogens is 1. The van der Waals surface area contributed by atoms with Crippen LogP contribution in [0, 0.1) is 12.7 Å². The molecule has 8 heteroatoms. The fraction of sp³-hybridized carbons (Fsp3) is 0.211. The molecule has 0 aliphatic rings. The Balaban J connectivity index is 1.98. The van der Waals surface area contributed by atoms with E-state index in [9.17, 15) is 14.0 Å². The average molecular weight is 386 g/mol. The summed E-state index contributed by atoms with van der Waals surface area (Å²) >= 11 is 1.37. The highest BCUT2D eigenvalue weighted by atomic mass is 32.1. The fourth-order valence-electron chi connectivity index (χ4n) is 2.81. The van der Waals surface area contributed by atoms with Gasteiger partial charge in [-0.05, 0) is 44.2 Å². The van der Waals surface area contributed by atoms with Gasteiger partial charge in [-0.15, -0.1) is 11.3 Å². The van der Waals surface area contributed by atoms with Crippen LogP contribution in [0.15, 0.2) is 41.2 Å². The normalized spacial score (nSPS) is 11.4. The Hall–Kier alpha value is -3.00. The van der Waals surface area contributed by atoms with Crippen molar-refractivity contribution >= 4 is 34.0 Å². The van der Waals surface area contributed by atoms with Crippen LogP contribution in [0.25, 0.3) is 11.0 Å². The van der Waals surface area contributed by atoms with Crippen molar-refractivity contribution in [3.63, 3.8) is 0 Å². The lowest BCUT2D eigenvalue weighted by molar-refractivity contribution is -0.113. The number of amides is 1. The van der Waals surface area contributed by atoms with Crippen LogP contribution in [0.4, 0.5) is 10.1 Å². The summed E-state index contributed by atoms with van der Waals surface area (Å²) in [6, 6.07) is 7.69. The molecule has 0 aliphatic carbocycles. The standard InChI is InChI=1S/C19H19FN4O2S/c1-3-23(15-6-4-13(20)5-7-15)11-14-10-18(26)24-16(8-9-17(21)25)12(2)27-19(24)22-14/h4-10H,3,11H2,1-2H3,(H2,21,25). The number of nitrogens with two attached hydrogens (primary N) is 1. The highest BCUT2D eigenvalue weighted by Gasteiger charge is 2.13. The molecule has 2 N–H and O–H groups in total. The Labute approximate surface area is 159 Å². The SMILES string of the molecule is CCN(Cc1cc(=O)n2c(C=CC(N)=O)c(C)sc2n1)c1ccc(F)cc1. The Kier molecular flexibility index (Phi) is 5.36. The summed E-state index contributed by atoms with van der Waals surface area (Å²) < 4.78 is 14.6. The number of fused-ring (bicyclic) bond motifs is 1. The minimum Gasteiger partial charge on any atom is -0.366 e. The van der Waals surface area contributed by atoms with Gasteiger partial charge in [0.05, 0.1) is 17.9 Å². The van der Waals surface area contributed by atoms with Gasteiger partial charge in [0.15, 0.2) is 4.96 Å². The fourth-order valence-corrected chi connectivity index (χ4v) is 3.79. The molecule has 2 aromatic heterocycles. The molecule has 0 saturated heterocycles. The molecule has 6 nitrogen and oxygen atoms in total. The Bertz CT molecular complexity index is 1070. The van der Waals surface area contributed by atoms with E-state index in [0.29, 0.717) is 29.4 Å². The number of aromatic nitrogens is 2. The van der Waals surface area contributed by atoms with Crippen LogP contribution >= 0.6 is 11.3 Å². The van der Waals surface area contributed by atoms with Crippen molar-refractivity contribution in [1.29, 1.82) is 0 Å². The highest BCUT2D eigenvalue weighted by molar-refractivity contribution is 7.17. The lowest BCUT2D eigenvalue weighted by atomic mass is 10.2. The van der Waals surface area contributed by atoms with E-state index in [-0.39, 0.29) is 11.4 Å². The minimum atomic E-state index is -0.579. The monoisotopic (exact) mass is 386 g/mol. The second kappa shape index (κ2) is 7.71. The van der Waals surface area contributed by atoms with Crippen molar-refractivity contribution < 1.29 is 9.18 Å². The van der Waals surface area contributed by atoms with Gasteiger partial charge in [-0.3, -0.25) is 14.0 Å². The molecule has 0 atom stereocenters. The van der Waals surface area contributed by atoms with Crippen LogP contribution in [0.1, 0.15) is 23.2 Å². The van der Waals surface area contributed by atoms with Gasteiger partial charge in [0, 0.05) is 29.3 Å². The van der Waals surface area contributed by atoms with E-state index in [1.165, 1.54) is 46.1 Å². The molecule has 0 unspecified atom stereocenters. The number of hydrogen-bond donors (Lipinski definition) is 1. The molecule has 1 amide bonds. The summed E-state index contributed by atoms with van der Waals surface area (Å²) in [4.78, 5) is 31.6. The maximum Gasteiger partial charge on any atom is 0.259 e. The molecule has 0 bridgehead atoms. The predicted molar refractivity (Wildman–Crippen MR) is 105 cm³/mol.